The van der Waals surface area contributed by atoms with Crippen LogP contribution in [0.15, 0.2) is 29.3 Å². The summed E-state index contributed by atoms with van der Waals surface area (Å²) in [6.07, 6.45) is 1.80. The zero-order chi connectivity index (χ0) is 15.7. The maximum Gasteiger partial charge on any atom is 0.193 e. The topological polar surface area (TPSA) is 79.9 Å². The van der Waals surface area contributed by atoms with Gasteiger partial charge in [0.25, 0.3) is 0 Å². The largest absolute Gasteiger partial charge is 0.497 e. The predicted octanol–water partition coefficient (Wildman–Crippen LogP) is 3.08. The minimum absolute atomic E-state index is 0. The molecule has 1 atom stereocenters. The first-order valence-electron chi connectivity index (χ1n) is 7.37. The molecule has 0 saturated heterocycles. The van der Waals surface area contributed by atoms with E-state index in [1.807, 2.05) is 24.3 Å². The van der Waals surface area contributed by atoms with Crippen LogP contribution in [0.5, 0.6) is 5.75 Å². The summed E-state index contributed by atoms with van der Waals surface area (Å²) >= 11 is 0. The van der Waals surface area contributed by atoms with Crippen LogP contribution in [0.3, 0.4) is 0 Å². The SMILES string of the molecule is COc1cccc(NC(N)=NCC(CCO)CC(C)C)c1.I. The first kappa shape index (κ1) is 21.0. The van der Waals surface area contributed by atoms with Gasteiger partial charge in [0.05, 0.1) is 7.11 Å². The van der Waals surface area contributed by atoms with Gasteiger partial charge in [0.2, 0.25) is 0 Å². The van der Waals surface area contributed by atoms with Gasteiger partial charge in [-0.3, -0.25) is 4.99 Å². The van der Waals surface area contributed by atoms with Crippen molar-refractivity contribution in [2.75, 3.05) is 25.6 Å². The van der Waals surface area contributed by atoms with Crippen molar-refractivity contribution in [2.24, 2.45) is 22.6 Å². The Morgan fingerprint density at radius 1 is 1.41 bits per heavy atom. The van der Waals surface area contributed by atoms with Gasteiger partial charge in [0.1, 0.15) is 5.75 Å². The molecule has 1 unspecified atom stereocenters. The summed E-state index contributed by atoms with van der Waals surface area (Å²) in [6.45, 7) is 5.16. The molecule has 0 aromatic heterocycles. The average Bonchev–Trinajstić information content (AvgIpc) is 2.44. The lowest BCUT2D eigenvalue weighted by atomic mass is 9.94. The summed E-state index contributed by atoms with van der Waals surface area (Å²) in [4.78, 5) is 4.38. The van der Waals surface area contributed by atoms with Crippen LogP contribution in [0.4, 0.5) is 5.69 Å². The minimum atomic E-state index is 0. The van der Waals surface area contributed by atoms with Gasteiger partial charge in [0.15, 0.2) is 5.96 Å². The maximum atomic E-state index is 9.10. The summed E-state index contributed by atoms with van der Waals surface area (Å²) in [7, 11) is 1.63. The quantitative estimate of drug-likeness (QED) is 0.343. The number of nitrogens with two attached hydrogens (primary N) is 1. The van der Waals surface area contributed by atoms with E-state index in [-0.39, 0.29) is 30.6 Å². The van der Waals surface area contributed by atoms with Crippen molar-refractivity contribution in [3.8, 4) is 5.75 Å². The van der Waals surface area contributed by atoms with Crippen molar-refractivity contribution >= 4 is 35.6 Å². The van der Waals surface area contributed by atoms with Gasteiger partial charge in [-0.2, -0.15) is 0 Å². The van der Waals surface area contributed by atoms with Gasteiger partial charge in [-0.05, 0) is 36.8 Å². The third-order valence-electron chi connectivity index (χ3n) is 3.20. The fourth-order valence-electron chi connectivity index (χ4n) is 2.25. The molecule has 1 rings (SSSR count). The molecule has 5 nitrogen and oxygen atoms in total. The third kappa shape index (κ3) is 8.43. The number of nitrogens with zero attached hydrogens (tertiary/aromatic N) is 1. The van der Waals surface area contributed by atoms with Crippen molar-refractivity contribution in [3.05, 3.63) is 24.3 Å². The van der Waals surface area contributed by atoms with E-state index in [9.17, 15) is 0 Å². The number of guanidine groups is 1. The summed E-state index contributed by atoms with van der Waals surface area (Å²) < 4.78 is 5.16. The van der Waals surface area contributed by atoms with Crippen LogP contribution in [0.2, 0.25) is 0 Å². The van der Waals surface area contributed by atoms with Crippen LogP contribution in [-0.2, 0) is 0 Å². The van der Waals surface area contributed by atoms with E-state index in [1.165, 1.54) is 0 Å². The zero-order valence-corrected chi connectivity index (χ0v) is 15.9. The standard InChI is InChI=1S/C16H27N3O2.HI/c1-12(2)9-13(7-8-20)11-18-16(17)19-14-5-4-6-15(10-14)21-3;/h4-6,10,12-13,20H,7-9,11H2,1-3H3,(H3,17,18,19);1H. The molecule has 1 aromatic rings. The Kier molecular flexibility index (Phi) is 11.0. The highest BCUT2D eigenvalue weighted by atomic mass is 127. The normalized spacial score (nSPS) is 12.7. The molecule has 22 heavy (non-hydrogen) atoms. The molecular weight excluding hydrogens is 393 g/mol. The number of halogens is 1. The number of hydrogen-bond acceptors (Lipinski definition) is 3. The Morgan fingerprint density at radius 2 is 2.14 bits per heavy atom. The number of aliphatic hydroxyl groups excluding tert-OH is 1. The second kappa shape index (κ2) is 11.5. The van der Waals surface area contributed by atoms with Crippen LogP contribution < -0.4 is 15.8 Å². The van der Waals surface area contributed by atoms with Crippen molar-refractivity contribution < 1.29 is 9.84 Å². The Hall–Kier alpha value is -1.02. The third-order valence-corrected chi connectivity index (χ3v) is 3.20. The van der Waals surface area contributed by atoms with Gasteiger partial charge in [-0.25, -0.2) is 0 Å². The minimum Gasteiger partial charge on any atom is -0.497 e. The van der Waals surface area contributed by atoms with Crippen LogP contribution in [0.25, 0.3) is 0 Å². The van der Waals surface area contributed by atoms with Crippen LogP contribution in [0, 0.1) is 11.8 Å². The molecule has 0 saturated carbocycles. The molecule has 0 aliphatic heterocycles. The molecule has 0 spiro atoms. The summed E-state index contributed by atoms with van der Waals surface area (Å²) in [5.41, 5.74) is 6.75. The summed E-state index contributed by atoms with van der Waals surface area (Å²) in [5, 5.41) is 12.2. The molecule has 0 aliphatic carbocycles. The van der Waals surface area contributed by atoms with Crippen LogP contribution in [0.1, 0.15) is 26.7 Å². The fraction of sp³-hybridized carbons (Fsp3) is 0.562. The molecular formula is C16H28IN3O2. The van der Waals surface area contributed by atoms with E-state index in [0.29, 0.717) is 24.3 Å². The van der Waals surface area contributed by atoms with E-state index < -0.39 is 0 Å². The number of methoxy groups -OCH3 is 1. The molecule has 0 radical (unpaired) electrons. The lowest BCUT2D eigenvalue weighted by Gasteiger charge is -2.16. The fourth-order valence-corrected chi connectivity index (χ4v) is 2.25. The molecule has 1 aromatic carbocycles. The van der Waals surface area contributed by atoms with E-state index in [0.717, 1.165) is 24.3 Å². The molecule has 0 amide bonds. The highest BCUT2D eigenvalue weighted by Crippen LogP contribution is 2.17. The predicted molar refractivity (Wildman–Crippen MR) is 103 cm³/mol. The summed E-state index contributed by atoms with van der Waals surface area (Å²) in [6, 6.07) is 7.53. The lowest BCUT2D eigenvalue weighted by Crippen LogP contribution is -2.24. The second-order valence-corrected chi connectivity index (χ2v) is 5.59. The first-order valence-corrected chi connectivity index (χ1v) is 7.37. The molecule has 6 heteroatoms. The lowest BCUT2D eigenvalue weighted by molar-refractivity contribution is 0.246. The van der Waals surface area contributed by atoms with Gasteiger partial charge >= 0.3 is 0 Å². The van der Waals surface area contributed by atoms with Gasteiger partial charge in [0, 0.05) is 24.9 Å². The average molecular weight is 421 g/mol. The second-order valence-electron chi connectivity index (χ2n) is 5.59. The number of benzene rings is 1. The van der Waals surface area contributed by atoms with Crippen LogP contribution >= 0.6 is 24.0 Å². The van der Waals surface area contributed by atoms with Crippen molar-refractivity contribution in [3.63, 3.8) is 0 Å². The number of aliphatic hydroxyl groups is 1. The number of anilines is 1. The van der Waals surface area contributed by atoms with Crippen molar-refractivity contribution in [1.29, 1.82) is 0 Å². The van der Waals surface area contributed by atoms with Crippen LogP contribution in [-0.4, -0.2) is 31.3 Å². The van der Waals surface area contributed by atoms with Gasteiger partial charge in [-0.15, -0.1) is 24.0 Å². The van der Waals surface area contributed by atoms with E-state index in [4.69, 9.17) is 15.6 Å². The Balaban J connectivity index is 0.00000441. The van der Waals surface area contributed by atoms with Gasteiger partial charge < -0.3 is 20.9 Å². The van der Waals surface area contributed by atoms with E-state index in [2.05, 4.69) is 24.2 Å². The van der Waals surface area contributed by atoms with E-state index in [1.54, 1.807) is 7.11 Å². The number of ether oxygens (including phenoxy) is 1. The highest BCUT2D eigenvalue weighted by molar-refractivity contribution is 14.0. The smallest absolute Gasteiger partial charge is 0.193 e. The zero-order valence-electron chi connectivity index (χ0n) is 13.6. The molecule has 4 N–H and O–H groups in total. The summed E-state index contributed by atoms with van der Waals surface area (Å²) in [5.74, 6) is 2.10. The molecule has 0 bridgehead atoms. The van der Waals surface area contributed by atoms with Crippen molar-refractivity contribution in [2.45, 2.75) is 26.7 Å². The maximum absolute atomic E-state index is 9.10. The van der Waals surface area contributed by atoms with Gasteiger partial charge in [-0.1, -0.05) is 19.9 Å². The monoisotopic (exact) mass is 421 g/mol. The highest BCUT2D eigenvalue weighted by Gasteiger charge is 2.10. The number of nitrogens with one attached hydrogen (secondary N) is 1. The molecule has 126 valence electrons. The number of hydrogen-bond donors (Lipinski definition) is 3. The Morgan fingerprint density at radius 3 is 2.73 bits per heavy atom. The number of aliphatic imine (C=N–C) groups is 1. The van der Waals surface area contributed by atoms with Crippen molar-refractivity contribution in [1.82, 2.24) is 0 Å². The molecule has 0 fully saturated rings. The molecule has 0 heterocycles. The Labute approximate surface area is 150 Å². The number of rotatable bonds is 8. The first-order chi connectivity index (χ1) is 10.0. The van der Waals surface area contributed by atoms with E-state index >= 15 is 0 Å². The Bertz CT molecular complexity index is 453. The molecule has 0 aliphatic rings.